The zero-order valence-electron chi connectivity index (χ0n) is 33.1. The quantitative estimate of drug-likeness (QED) is 0.161. The van der Waals surface area contributed by atoms with E-state index in [0.29, 0.717) is 0 Å². The first kappa shape index (κ1) is 34.8. The molecule has 1 aromatic heterocycles. The number of rotatable bonds is 7. The highest BCUT2D eigenvalue weighted by Crippen LogP contribution is 2.50. The van der Waals surface area contributed by atoms with Crippen molar-refractivity contribution in [1.82, 2.24) is 0 Å². The maximum Gasteiger partial charge on any atom is 0.135 e. The molecule has 1 aliphatic carbocycles. The van der Waals surface area contributed by atoms with Gasteiger partial charge in [0.1, 0.15) is 11.2 Å². The van der Waals surface area contributed by atoms with Gasteiger partial charge in [0, 0.05) is 33.1 Å². The van der Waals surface area contributed by atoms with Gasteiger partial charge in [-0.15, -0.1) is 0 Å². The highest BCUT2D eigenvalue weighted by Gasteiger charge is 2.35. The van der Waals surface area contributed by atoms with Crippen LogP contribution in [0.5, 0.6) is 0 Å². The predicted octanol–water partition coefficient (Wildman–Crippen LogP) is 16.0. The minimum absolute atomic E-state index is 0.0119. The van der Waals surface area contributed by atoms with Gasteiger partial charge in [0.05, 0.1) is 5.69 Å². The number of furan rings is 1. The van der Waals surface area contributed by atoms with Crippen LogP contribution in [-0.4, -0.2) is 0 Å². The maximum absolute atomic E-state index is 6.14. The molecule has 9 aromatic carbocycles. The molecular weight excluding hydrogens is 715 g/mol. The molecule has 0 bridgehead atoms. The van der Waals surface area contributed by atoms with Gasteiger partial charge in [-0.05, 0) is 122 Å². The normalized spacial score (nSPS) is 12.7. The summed E-state index contributed by atoms with van der Waals surface area (Å²) in [5, 5.41) is 2.27. The smallest absolute Gasteiger partial charge is 0.135 e. The lowest BCUT2D eigenvalue weighted by Gasteiger charge is -2.28. The van der Waals surface area contributed by atoms with Gasteiger partial charge in [0.15, 0.2) is 0 Å². The molecule has 0 unspecified atom stereocenters. The Bertz CT molecular complexity index is 3190. The average Bonchev–Trinajstić information content (AvgIpc) is 3.78. The zero-order valence-corrected chi connectivity index (χ0v) is 33.1. The summed E-state index contributed by atoms with van der Waals surface area (Å²) in [7, 11) is 0. The number of benzene rings is 9. The summed E-state index contributed by atoms with van der Waals surface area (Å²) in [6, 6.07) is 76.9. The van der Waals surface area contributed by atoms with Crippen molar-refractivity contribution in [2.45, 2.75) is 19.3 Å². The predicted molar refractivity (Wildman–Crippen MR) is 248 cm³/mol. The molecule has 0 saturated heterocycles. The summed E-state index contributed by atoms with van der Waals surface area (Å²) >= 11 is 0. The third kappa shape index (κ3) is 5.96. The lowest BCUT2D eigenvalue weighted by atomic mass is 9.82. The van der Waals surface area contributed by atoms with E-state index in [4.69, 9.17) is 4.42 Å². The number of nitrogens with zero attached hydrogens (tertiary/aromatic N) is 1. The van der Waals surface area contributed by atoms with Crippen LogP contribution in [0.25, 0.3) is 77.6 Å². The lowest BCUT2D eigenvalue weighted by molar-refractivity contribution is 0.660. The summed E-state index contributed by atoms with van der Waals surface area (Å²) in [4.78, 5) is 2.39. The maximum atomic E-state index is 6.14. The first-order valence-corrected chi connectivity index (χ1v) is 20.4. The van der Waals surface area contributed by atoms with Crippen LogP contribution in [0.2, 0.25) is 0 Å². The van der Waals surface area contributed by atoms with Crippen LogP contribution < -0.4 is 4.90 Å². The summed E-state index contributed by atoms with van der Waals surface area (Å²) in [6.45, 7) is 4.67. The number of anilines is 3. The van der Waals surface area contributed by atoms with E-state index in [-0.39, 0.29) is 5.41 Å². The number of fused-ring (bicyclic) bond motifs is 6. The van der Waals surface area contributed by atoms with E-state index in [2.05, 4.69) is 219 Å². The SMILES string of the molecule is CC1(C)c2ccccc2-c2cc(-c3cccc(-c4cccc(N(c5ccc(-c6ccc7oc8ccccc8c7c6)cc5)c5ccccc5-c5ccccc5)c4)c3)ccc21. The Balaban J connectivity index is 0.994. The van der Waals surface area contributed by atoms with E-state index in [0.717, 1.165) is 55.7 Å². The summed E-state index contributed by atoms with van der Waals surface area (Å²) in [5.41, 5.74) is 20.0. The van der Waals surface area contributed by atoms with Gasteiger partial charge < -0.3 is 9.32 Å². The molecule has 0 spiro atoms. The second-order valence-corrected chi connectivity index (χ2v) is 16.1. The molecule has 0 radical (unpaired) electrons. The first-order valence-electron chi connectivity index (χ1n) is 20.4. The molecular formula is C57H41NO. The monoisotopic (exact) mass is 755 g/mol. The molecule has 1 heterocycles. The van der Waals surface area contributed by atoms with Crippen molar-refractivity contribution in [3.8, 4) is 55.6 Å². The Morgan fingerprint density at radius 2 is 0.915 bits per heavy atom. The summed E-state index contributed by atoms with van der Waals surface area (Å²) in [5.74, 6) is 0. The minimum Gasteiger partial charge on any atom is -0.456 e. The van der Waals surface area contributed by atoms with Crippen LogP contribution in [0.4, 0.5) is 17.1 Å². The molecule has 0 atom stereocenters. The minimum atomic E-state index is -0.0119. The van der Waals surface area contributed by atoms with E-state index in [1.807, 2.05) is 12.1 Å². The molecule has 0 aliphatic heterocycles. The highest BCUT2D eigenvalue weighted by atomic mass is 16.3. The van der Waals surface area contributed by atoms with Crippen molar-refractivity contribution in [3.05, 3.63) is 223 Å². The van der Waals surface area contributed by atoms with Crippen molar-refractivity contribution in [1.29, 1.82) is 0 Å². The van der Waals surface area contributed by atoms with Crippen LogP contribution >= 0.6 is 0 Å². The Labute approximate surface area is 345 Å². The van der Waals surface area contributed by atoms with Crippen LogP contribution in [0, 0.1) is 0 Å². The standard InChI is InChI=1S/C57H41NO/c1-57(2)52-23-9-6-21-48(52)50-36-44(28-32-53(50)57)41-17-12-16-40(34-41)42-18-13-19-46(35-42)58(54-24-10-7-20-47(54)39-14-4-3-5-15-39)45-30-26-38(27-31-45)43-29-33-56-51(37-43)49-22-8-11-25-55(49)59-56/h3-37H,1-2H3. The fraction of sp³-hybridized carbons (Fsp3) is 0.0526. The Kier molecular flexibility index (Phi) is 8.20. The Morgan fingerprint density at radius 3 is 1.75 bits per heavy atom. The molecule has 0 saturated carbocycles. The number of hydrogen-bond donors (Lipinski definition) is 0. The van der Waals surface area contributed by atoms with Crippen LogP contribution in [0.1, 0.15) is 25.0 Å². The van der Waals surface area contributed by atoms with E-state index in [1.165, 1.54) is 50.1 Å². The fourth-order valence-electron chi connectivity index (χ4n) is 9.27. The topological polar surface area (TPSA) is 16.4 Å². The molecule has 2 nitrogen and oxygen atoms in total. The fourth-order valence-corrected chi connectivity index (χ4v) is 9.27. The van der Waals surface area contributed by atoms with Gasteiger partial charge in [0.2, 0.25) is 0 Å². The molecule has 2 heteroatoms. The van der Waals surface area contributed by atoms with E-state index in [9.17, 15) is 0 Å². The van der Waals surface area contributed by atoms with Crippen LogP contribution in [0.15, 0.2) is 217 Å². The Morgan fingerprint density at radius 1 is 0.339 bits per heavy atom. The number of hydrogen-bond acceptors (Lipinski definition) is 2. The van der Waals surface area contributed by atoms with Gasteiger partial charge in [0.25, 0.3) is 0 Å². The van der Waals surface area contributed by atoms with Crippen LogP contribution in [-0.2, 0) is 5.41 Å². The highest BCUT2D eigenvalue weighted by molar-refractivity contribution is 6.06. The van der Waals surface area contributed by atoms with Crippen molar-refractivity contribution in [2.75, 3.05) is 4.90 Å². The van der Waals surface area contributed by atoms with Gasteiger partial charge in [-0.3, -0.25) is 0 Å². The van der Waals surface area contributed by atoms with Crippen molar-refractivity contribution >= 4 is 39.0 Å². The zero-order chi connectivity index (χ0) is 39.5. The first-order chi connectivity index (χ1) is 29.0. The molecule has 1 aliphatic rings. The van der Waals surface area contributed by atoms with Crippen LogP contribution in [0.3, 0.4) is 0 Å². The third-order valence-corrected chi connectivity index (χ3v) is 12.3. The van der Waals surface area contributed by atoms with Gasteiger partial charge in [-0.25, -0.2) is 0 Å². The van der Waals surface area contributed by atoms with Crippen molar-refractivity contribution in [2.24, 2.45) is 0 Å². The molecule has 11 rings (SSSR count). The number of para-hydroxylation sites is 2. The van der Waals surface area contributed by atoms with Crippen molar-refractivity contribution in [3.63, 3.8) is 0 Å². The summed E-state index contributed by atoms with van der Waals surface area (Å²) < 4.78 is 6.14. The van der Waals surface area contributed by atoms with Gasteiger partial charge >= 0.3 is 0 Å². The largest absolute Gasteiger partial charge is 0.456 e. The third-order valence-electron chi connectivity index (χ3n) is 12.3. The molecule has 0 amide bonds. The second kappa shape index (κ2) is 13.9. The molecule has 10 aromatic rings. The summed E-state index contributed by atoms with van der Waals surface area (Å²) in [6.07, 6.45) is 0. The molecule has 0 N–H and O–H groups in total. The molecule has 59 heavy (non-hydrogen) atoms. The van der Waals surface area contributed by atoms with E-state index >= 15 is 0 Å². The van der Waals surface area contributed by atoms with E-state index < -0.39 is 0 Å². The molecule has 0 fully saturated rings. The molecule has 280 valence electrons. The lowest BCUT2D eigenvalue weighted by Crippen LogP contribution is -2.14. The van der Waals surface area contributed by atoms with Crippen molar-refractivity contribution < 1.29 is 4.42 Å². The van der Waals surface area contributed by atoms with E-state index in [1.54, 1.807) is 0 Å². The average molecular weight is 756 g/mol. The Hall–Kier alpha value is -7.42. The van der Waals surface area contributed by atoms with Gasteiger partial charge in [-0.1, -0.05) is 166 Å². The second-order valence-electron chi connectivity index (χ2n) is 16.1. The van der Waals surface area contributed by atoms with Gasteiger partial charge in [-0.2, -0.15) is 0 Å².